The molecule has 1 atom stereocenters. The number of ether oxygens (including phenoxy) is 2. The summed E-state index contributed by atoms with van der Waals surface area (Å²) in [5, 5.41) is 0. The summed E-state index contributed by atoms with van der Waals surface area (Å²) in [5.41, 5.74) is 0. The highest BCUT2D eigenvalue weighted by atomic mass is 16.5. The second kappa shape index (κ2) is 6.27. The molecule has 90 valence electrons. The third kappa shape index (κ3) is 3.66. The molecule has 1 heterocycles. The van der Waals surface area contributed by atoms with Crippen LogP contribution < -0.4 is 0 Å². The maximum atomic E-state index is 11.6. The number of amides is 1. The van der Waals surface area contributed by atoms with Crippen LogP contribution in [0.1, 0.15) is 12.8 Å². The fourth-order valence-corrected chi connectivity index (χ4v) is 1.59. The highest BCUT2D eigenvalue weighted by molar-refractivity contribution is 5.78. The zero-order valence-electron chi connectivity index (χ0n) is 9.48. The predicted octanol–water partition coefficient (Wildman–Crippen LogP) is 0.353. The molecule has 1 saturated heterocycles. The second-order valence-electron chi connectivity index (χ2n) is 3.61. The Kier molecular flexibility index (Phi) is 4.98. The minimum atomic E-state index is -0.317. The Hall–Kier alpha value is -1.36. The van der Waals surface area contributed by atoms with Gasteiger partial charge in [-0.3, -0.25) is 9.59 Å². The van der Waals surface area contributed by atoms with E-state index in [1.807, 2.05) is 0 Å². The summed E-state index contributed by atoms with van der Waals surface area (Å²) in [6, 6.07) is 0. The Bertz CT molecular complexity index is 277. The number of carbonyl (C=O) groups is 2. The summed E-state index contributed by atoms with van der Waals surface area (Å²) in [7, 11) is 1.34. The fraction of sp³-hybridized carbons (Fsp3) is 0.636. The van der Waals surface area contributed by atoms with Gasteiger partial charge in [-0.15, -0.1) is 6.58 Å². The molecule has 0 aliphatic carbocycles. The van der Waals surface area contributed by atoms with Crippen molar-refractivity contribution in [2.24, 2.45) is 0 Å². The van der Waals surface area contributed by atoms with Crippen molar-refractivity contribution in [3.8, 4) is 0 Å². The van der Waals surface area contributed by atoms with E-state index in [1.54, 1.807) is 11.0 Å². The Morgan fingerprint density at radius 2 is 2.38 bits per heavy atom. The number of hydrogen-bond donors (Lipinski definition) is 0. The Morgan fingerprint density at radius 3 is 3.00 bits per heavy atom. The molecular formula is C11H17NO4. The van der Waals surface area contributed by atoms with E-state index in [-0.39, 0.29) is 24.4 Å². The van der Waals surface area contributed by atoms with Gasteiger partial charge < -0.3 is 14.4 Å². The number of carbonyl (C=O) groups excluding carboxylic acids is 2. The van der Waals surface area contributed by atoms with Crippen LogP contribution in [0.2, 0.25) is 0 Å². The number of rotatable bonds is 4. The molecule has 1 amide bonds. The van der Waals surface area contributed by atoms with Crippen molar-refractivity contribution >= 4 is 11.9 Å². The largest absolute Gasteiger partial charge is 0.469 e. The minimum Gasteiger partial charge on any atom is -0.469 e. The smallest absolute Gasteiger partial charge is 0.308 e. The van der Waals surface area contributed by atoms with Gasteiger partial charge in [0.15, 0.2) is 0 Å². The van der Waals surface area contributed by atoms with Gasteiger partial charge in [0.05, 0.1) is 26.2 Å². The van der Waals surface area contributed by atoms with Crippen LogP contribution in [0.3, 0.4) is 0 Å². The van der Waals surface area contributed by atoms with Crippen molar-refractivity contribution in [2.75, 3.05) is 26.8 Å². The Balaban J connectivity index is 2.43. The van der Waals surface area contributed by atoms with Crippen molar-refractivity contribution in [3.63, 3.8) is 0 Å². The molecule has 5 nitrogen and oxygen atoms in total. The standard InChI is InChI=1S/C11H17NO4/c1-3-4-10(13)12-5-6-16-9(8-12)7-11(14)15-2/h3,9H,1,4-8H2,2H3. The van der Waals surface area contributed by atoms with Crippen molar-refractivity contribution in [1.82, 2.24) is 4.90 Å². The summed E-state index contributed by atoms with van der Waals surface area (Å²) >= 11 is 0. The number of esters is 1. The summed E-state index contributed by atoms with van der Waals surface area (Å²) in [6.07, 6.45) is 1.84. The minimum absolute atomic E-state index is 0.0214. The molecule has 0 aromatic rings. The van der Waals surface area contributed by atoms with Crippen LogP contribution in [0.5, 0.6) is 0 Å². The highest BCUT2D eigenvalue weighted by Gasteiger charge is 2.25. The summed E-state index contributed by atoms with van der Waals surface area (Å²) < 4.78 is 9.95. The van der Waals surface area contributed by atoms with Crippen LogP contribution in [-0.4, -0.2) is 49.7 Å². The molecular weight excluding hydrogens is 210 g/mol. The van der Waals surface area contributed by atoms with Crippen molar-refractivity contribution in [1.29, 1.82) is 0 Å². The molecule has 1 aliphatic rings. The quantitative estimate of drug-likeness (QED) is 0.514. The van der Waals surface area contributed by atoms with Gasteiger partial charge in [-0.25, -0.2) is 0 Å². The fourth-order valence-electron chi connectivity index (χ4n) is 1.59. The first-order valence-corrected chi connectivity index (χ1v) is 5.24. The van der Waals surface area contributed by atoms with Crippen LogP contribution in [0.4, 0.5) is 0 Å². The summed E-state index contributed by atoms with van der Waals surface area (Å²) in [6.45, 7) is 5.01. The van der Waals surface area contributed by atoms with Crippen LogP contribution >= 0.6 is 0 Å². The van der Waals surface area contributed by atoms with Crippen molar-refractivity contribution < 1.29 is 19.1 Å². The zero-order chi connectivity index (χ0) is 12.0. The van der Waals surface area contributed by atoms with E-state index >= 15 is 0 Å². The maximum absolute atomic E-state index is 11.6. The van der Waals surface area contributed by atoms with Gasteiger partial charge in [-0.2, -0.15) is 0 Å². The van der Waals surface area contributed by atoms with Gasteiger partial charge in [0.2, 0.25) is 5.91 Å². The molecule has 0 spiro atoms. The topological polar surface area (TPSA) is 55.8 Å². The summed E-state index contributed by atoms with van der Waals surface area (Å²) in [4.78, 5) is 24.3. The molecule has 16 heavy (non-hydrogen) atoms. The average Bonchev–Trinajstić information content (AvgIpc) is 2.29. The monoisotopic (exact) mass is 227 g/mol. The molecule has 0 aromatic heterocycles. The van der Waals surface area contributed by atoms with Crippen molar-refractivity contribution in [3.05, 3.63) is 12.7 Å². The van der Waals surface area contributed by atoms with Crippen LogP contribution in [0, 0.1) is 0 Å². The summed E-state index contributed by atoms with van der Waals surface area (Å²) in [5.74, 6) is -0.295. The second-order valence-corrected chi connectivity index (χ2v) is 3.61. The Labute approximate surface area is 95.0 Å². The van der Waals surface area contributed by atoms with Crippen LogP contribution in [0.25, 0.3) is 0 Å². The average molecular weight is 227 g/mol. The number of morpholine rings is 1. The number of nitrogens with zero attached hydrogens (tertiary/aromatic N) is 1. The van der Waals surface area contributed by atoms with Crippen molar-refractivity contribution in [2.45, 2.75) is 18.9 Å². The molecule has 1 unspecified atom stereocenters. The lowest BCUT2D eigenvalue weighted by molar-refractivity contribution is -0.149. The lowest BCUT2D eigenvalue weighted by Gasteiger charge is -2.32. The predicted molar refractivity (Wildman–Crippen MR) is 57.8 cm³/mol. The third-order valence-electron chi connectivity index (χ3n) is 2.43. The molecule has 5 heteroatoms. The maximum Gasteiger partial charge on any atom is 0.308 e. The van der Waals surface area contributed by atoms with E-state index in [9.17, 15) is 9.59 Å². The first-order chi connectivity index (χ1) is 7.67. The molecule has 1 fully saturated rings. The lowest BCUT2D eigenvalue weighted by atomic mass is 10.2. The van der Waals surface area contributed by atoms with Gasteiger partial charge in [0.25, 0.3) is 0 Å². The van der Waals surface area contributed by atoms with Gasteiger partial charge in [0.1, 0.15) is 0 Å². The third-order valence-corrected chi connectivity index (χ3v) is 2.43. The van der Waals surface area contributed by atoms with Crippen LogP contribution in [0.15, 0.2) is 12.7 Å². The molecule has 0 radical (unpaired) electrons. The first kappa shape index (κ1) is 12.7. The van der Waals surface area contributed by atoms with E-state index < -0.39 is 0 Å². The van der Waals surface area contributed by atoms with E-state index in [0.717, 1.165) is 0 Å². The van der Waals surface area contributed by atoms with E-state index in [0.29, 0.717) is 26.1 Å². The molecule has 0 N–H and O–H groups in total. The number of methoxy groups -OCH3 is 1. The SMILES string of the molecule is C=CCC(=O)N1CCOC(CC(=O)OC)C1. The molecule has 1 rings (SSSR count). The van der Waals surface area contributed by atoms with Gasteiger partial charge in [0, 0.05) is 19.5 Å². The zero-order valence-corrected chi connectivity index (χ0v) is 9.48. The Morgan fingerprint density at radius 1 is 1.62 bits per heavy atom. The van der Waals surface area contributed by atoms with Gasteiger partial charge >= 0.3 is 5.97 Å². The molecule has 1 aliphatic heterocycles. The molecule has 0 aromatic carbocycles. The number of hydrogen-bond acceptors (Lipinski definition) is 4. The van der Waals surface area contributed by atoms with Crippen LogP contribution in [-0.2, 0) is 19.1 Å². The van der Waals surface area contributed by atoms with E-state index in [4.69, 9.17) is 4.74 Å². The van der Waals surface area contributed by atoms with Gasteiger partial charge in [-0.05, 0) is 0 Å². The van der Waals surface area contributed by atoms with Gasteiger partial charge in [-0.1, -0.05) is 6.08 Å². The highest BCUT2D eigenvalue weighted by Crippen LogP contribution is 2.10. The van der Waals surface area contributed by atoms with E-state index in [1.165, 1.54) is 7.11 Å². The van der Waals surface area contributed by atoms with E-state index in [2.05, 4.69) is 11.3 Å². The molecule has 0 saturated carbocycles. The first-order valence-electron chi connectivity index (χ1n) is 5.24. The normalized spacial score (nSPS) is 20.3. The lowest BCUT2D eigenvalue weighted by Crippen LogP contribution is -2.46. The molecule has 0 bridgehead atoms.